The summed E-state index contributed by atoms with van der Waals surface area (Å²) in [6.45, 7) is 3.29. The quantitative estimate of drug-likeness (QED) is 0.328. The zero-order valence-corrected chi connectivity index (χ0v) is 19.2. The second-order valence-corrected chi connectivity index (χ2v) is 9.22. The van der Waals surface area contributed by atoms with E-state index in [2.05, 4.69) is 66.4 Å². The molecule has 0 spiro atoms. The highest BCUT2D eigenvalue weighted by Crippen LogP contribution is 2.35. The molecule has 7 heteroatoms. The van der Waals surface area contributed by atoms with Crippen LogP contribution in [0.25, 0.3) is 55.6 Å². The zero-order chi connectivity index (χ0) is 23.2. The van der Waals surface area contributed by atoms with E-state index in [1.54, 1.807) is 12.5 Å². The molecule has 1 aliphatic heterocycles. The van der Waals surface area contributed by atoms with E-state index in [4.69, 9.17) is 4.42 Å². The molecule has 0 saturated carbocycles. The van der Waals surface area contributed by atoms with Gasteiger partial charge in [-0.3, -0.25) is 15.0 Å². The molecule has 7 nitrogen and oxygen atoms in total. The lowest BCUT2D eigenvalue weighted by Crippen LogP contribution is -2.18. The molecule has 1 saturated heterocycles. The summed E-state index contributed by atoms with van der Waals surface area (Å²) in [5.74, 6) is 0. The molecule has 1 aliphatic rings. The molecule has 6 aromatic rings. The maximum atomic E-state index is 5.31. The van der Waals surface area contributed by atoms with Gasteiger partial charge in [-0.2, -0.15) is 5.10 Å². The number of rotatable bonds is 5. The summed E-state index contributed by atoms with van der Waals surface area (Å²) in [5, 5.41) is 9.81. The topological polar surface area (TPSA) is 86.6 Å². The lowest BCUT2D eigenvalue weighted by Gasteiger charge is -2.14. The van der Waals surface area contributed by atoms with Crippen LogP contribution in [0.15, 0.2) is 78.0 Å². The van der Waals surface area contributed by atoms with Crippen molar-refractivity contribution in [3.63, 3.8) is 0 Å². The van der Waals surface area contributed by atoms with E-state index < -0.39 is 0 Å². The Hall–Kier alpha value is -4.23. The Labute approximate surface area is 201 Å². The lowest BCUT2D eigenvalue weighted by atomic mass is 10.0. The van der Waals surface area contributed by atoms with Crippen LogP contribution in [-0.2, 0) is 6.54 Å². The van der Waals surface area contributed by atoms with E-state index in [-0.39, 0.29) is 0 Å². The molecule has 0 atom stereocenters. The molecule has 172 valence electrons. The minimum absolute atomic E-state index is 0.763. The number of aromatic nitrogens is 5. The summed E-state index contributed by atoms with van der Waals surface area (Å²) in [6, 6.07) is 14.8. The van der Waals surface area contributed by atoms with Crippen molar-refractivity contribution < 1.29 is 4.42 Å². The number of H-pyrrole nitrogens is 2. The van der Waals surface area contributed by atoms with Crippen molar-refractivity contribution in [2.45, 2.75) is 19.4 Å². The van der Waals surface area contributed by atoms with Gasteiger partial charge >= 0.3 is 0 Å². The Morgan fingerprint density at radius 2 is 1.83 bits per heavy atom. The van der Waals surface area contributed by atoms with E-state index in [0.717, 1.165) is 62.1 Å². The van der Waals surface area contributed by atoms with E-state index in [1.807, 2.05) is 24.7 Å². The molecule has 1 fully saturated rings. The van der Waals surface area contributed by atoms with Gasteiger partial charge in [0.2, 0.25) is 0 Å². The predicted molar refractivity (Wildman–Crippen MR) is 137 cm³/mol. The number of likely N-dealkylation sites (tertiary alicyclic amines) is 1. The van der Waals surface area contributed by atoms with E-state index in [0.29, 0.717) is 0 Å². The third-order valence-electron chi connectivity index (χ3n) is 6.90. The van der Waals surface area contributed by atoms with Crippen LogP contribution in [0.4, 0.5) is 0 Å². The predicted octanol–water partition coefficient (Wildman–Crippen LogP) is 6.02. The monoisotopic (exact) mass is 460 g/mol. The van der Waals surface area contributed by atoms with Crippen LogP contribution in [-0.4, -0.2) is 43.1 Å². The van der Waals surface area contributed by atoms with Gasteiger partial charge in [0.25, 0.3) is 0 Å². The minimum atomic E-state index is 0.763. The summed E-state index contributed by atoms with van der Waals surface area (Å²) in [5.41, 5.74) is 9.13. The molecule has 0 bridgehead atoms. The highest BCUT2D eigenvalue weighted by atomic mass is 16.3. The molecule has 35 heavy (non-hydrogen) atoms. The van der Waals surface area contributed by atoms with Gasteiger partial charge in [-0.1, -0.05) is 12.1 Å². The number of nitrogens with zero attached hydrogens (tertiary/aromatic N) is 4. The van der Waals surface area contributed by atoms with Crippen molar-refractivity contribution in [1.82, 2.24) is 30.0 Å². The van der Waals surface area contributed by atoms with Gasteiger partial charge in [-0.15, -0.1) is 0 Å². The van der Waals surface area contributed by atoms with Gasteiger partial charge in [0, 0.05) is 58.1 Å². The van der Waals surface area contributed by atoms with Crippen LogP contribution in [0.1, 0.15) is 18.4 Å². The first-order valence-corrected chi connectivity index (χ1v) is 12.0. The maximum absolute atomic E-state index is 5.31. The molecular weight excluding hydrogens is 436 g/mol. The zero-order valence-electron chi connectivity index (χ0n) is 19.2. The minimum Gasteiger partial charge on any atom is -0.472 e. The fourth-order valence-electron chi connectivity index (χ4n) is 5.15. The average molecular weight is 461 g/mol. The van der Waals surface area contributed by atoms with Crippen molar-refractivity contribution in [2.75, 3.05) is 13.1 Å². The first-order chi connectivity index (χ1) is 17.3. The number of benzene rings is 1. The van der Waals surface area contributed by atoms with Gasteiger partial charge in [-0.25, -0.2) is 4.98 Å². The second kappa shape index (κ2) is 8.21. The first-order valence-electron chi connectivity index (χ1n) is 12.0. The van der Waals surface area contributed by atoms with Gasteiger partial charge in [0.1, 0.15) is 5.69 Å². The standard InChI is InChI=1S/C28H24N6O/c1-2-8-34(7-1)16-18-10-20(14-29-13-18)21-11-24-27(32-33-28(24)30-15-21)26-12-23-22(19-6-9-35-17-19)4-3-5-25(23)31-26/h3-6,9-15,17,31H,1-2,7-8,16H2,(H,30,32,33). The van der Waals surface area contributed by atoms with Crippen LogP contribution in [0.3, 0.4) is 0 Å². The molecule has 6 heterocycles. The SMILES string of the molecule is c1cc(-c2ccoc2)c2cc(-c3n[nH]c4ncc(-c5cncc(CN6CCCC6)c5)cc34)[nH]c2c1. The van der Waals surface area contributed by atoms with E-state index in [9.17, 15) is 0 Å². The number of pyridine rings is 2. The molecule has 1 aromatic carbocycles. The van der Waals surface area contributed by atoms with E-state index in [1.165, 1.54) is 31.5 Å². The smallest absolute Gasteiger partial charge is 0.155 e. The highest BCUT2D eigenvalue weighted by molar-refractivity contribution is 6.01. The summed E-state index contributed by atoms with van der Waals surface area (Å²) in [7, 11) is 0. The largest absolute Gasteiger partial charge is 0.472 e. The Kier molecular flexibility index (Phi) is 4.73. The average Bonchev–Trinajstić information content (AvgIpc) is 3.70. The molecule has 2 N–H and O–H groups in total. The summed E-state index contributed by atoms with van der Waals surface area (Å²) >= 11 is 0. The summed E-state index contributed by atoms with van der Waals surface area (Å²) < 4.78 is 5.31. The van der Waals surface area contributed by atoms with Crippen LogP contribution >= 0.6 is 0 Å². The number of furan rings is 1. The number of nitrogens with one attached hydrogen (secondary N) is 2. The van der Waals surface area contributed by atoms with Crippen molar-refractivity contribution in [3.05, 3.63) is 79.1 Å². The van der Waals surface area contributed by atoms with Crippen molar-refractivity contribution in [2.24, 2.45) is 0 Å². The van der Waals surface area contributed by atoms with Crippen molar-refractivity contribution in [1.29, 1.82) is 0 Å². The van der Waals surface area contributed by atoms with Gasteiger partial charge < -0.3 is 9.40 Å². The van der Waals surface area contributed by atoms with Crippen LogP contribution in [0.5, 0.6) is 0 Å². The number of aromatic amines is 2. The summed E-state index contributed by atoms with van der Waals surface area (Å²) in [6.07, 6.45) is 11.8. The second-order valence-electron chi connectivity index (χ2n) is 9.22. The Balaban J connectivity index is 1.28. The number of fused-ring (bicyclic) bond motifs is 2. The van der Waals surface area contributed by atoms with E-state index >= 15 is 0 Å². The molecule has 0 unspecified atom stereocenters. The Morgan fingerprint density at radius 3 is 2.71 bits per heavy atom. The molecular formula is C28H24N6O. The lowest BCUT2D eigenvalue weighted by molar-refractivity contribution is 0.331. The van der Waals surface area contributed by atoms with Gasteiger partial charge in [0.05, 0.1) is 18.2 Å². The van der Waals surface area contributed by atoms with Crippen molar-refractivity contribution >= 4 is 21.9 Å². The van der Waals surface area contributed by atoms with Gasteiger partial charge in [-0.05, 0) is 67.4 Å². The normalized spacial score (nSPS) is 14.4. The highest BCUT2D eigenvalue weighted by Gasteiger charge is 2.16. The Morgan fingerprint density at radius 1 is 0.914 bits per heavy atom. The van der Waals surface area contributed by atoms with Crippen LogP contribution in [0.2, 0.25) is 0 Å². The third-order valence-corrected chi connectivity index (χ3v) is 6.90. The number of hydrogen-bond acceptors (Lipinski definition) is 5. The fourth-order valence-corrected chi connectivity index (χ4v) is 5.15. The summed E-state index contributed by atoms with van der Waals surface area (Å²) in [4.78, 5) is 15.2. The molecule has 5 aromatic heterocycles. The Bertz CT molecular complexity index is 1640. The molecule has 0 aliphatic carbocycles. The molecule has 0 amide bonds. The molecule has 0 radical (unpaired) electrons. The fraction of sp³-hybridized carbons (Fsp3) is 0.179. The number of hydrogen-bond donors (Lipinski definition) is 2. The van der Waals surface area contributed by atoms with Gasteiger partial charge in [0.15, 0.2) is 5.65 Å². The molecule has 7 rings (SSSR count). The third kappa shape index (κ3) is 3.61. The van der Waals surface area contributed by atoms with Crippen LogP contribution < -0.4 is 0 Å². The van der Waals surface area contributed by atoms with Crippen LogP contribution in [0, 0.1) is 0 Å². The first kappa shape index (κ1) is 20.2. The van der Waals surface area contributed by atoms with Crippen molar-refractivity contribution in [3.8, 4) is 33.6 Å². The maximum Gasteiger partial charge on any atom is 0.155 e.